The lowest BCUT2D eigenvalue weighted by molar-refractivity contribution is 0.309. The molecule has 0 unspecified atom stereocenters. The average Bonchev–Trinajstić information content (AvgIpc) is 1.93. The Labute approximate surface area is 120 Å². The molecular weight excluding hydrogens is 252 g/mol. The first-order valence-corrected chi connectivity index (χ1v) is 4.46. The molecule has 14 heavy (non-hydrogen) atoms. The molecule has 0 aliphatic carbocycles. The van der Waals surface area contributed by atoms with Gasteiger partial charge in [-0.2, -0.15) is 0 Å². The van der Waals surface area contributed by atoms with Gasteiger partial charge in [0.15, 0.2) is 0 Å². The summed E-state index contributed by atoms with van der Waals surface area (Å²) >= 11 is -0.370. The van der Waals surface area contributed by atoms with Crippen LogP contribution >= 0.6 is 0 Å². The van der Waals surface area contributed by atoms with E-state index in [1.54, 1.807) is 28.4 Å². The molecule has 6 nitrogen and oxygen atoms in total. The first-order chi connectivity index (χ1) is 4.83. The molecule has 0 aromatic rings. The van der Waals surface area contributed by atoms with Gasteiger partial charge in [0.2, 0.25) is 0 Å². The molecule has 0 heterocycles. The fourth-order valence-electron chi connectivity index (χ4n) is 0.192. The summed E-state index contributed by atoms with van der Waals surface area (Å²) in [4.78, 5) is 0. The van der Waals surface area contributed by atoms with Gasteiger partial charge in [-0.25, -0.2) is 0 Å². The molecule has 8 radical (unpaired) electrons. The van der Waals surface area contributed by atoms with Crippen molar-refractivity contribution in [3.8, 4) is 0 Å². The van der Waals surface area contributed by atoms with Gasteiger partial charge >= 0.3 is 31.8 Å². The van der Waals surface area contributed by atoms with Crippen molar-refractivity contribution in [2.24, 2.45) is 0 Å². The van der Waals surface area contributed by atoms with Gasteiger partial charge in [-0.15, -0.1) is 0 Å². The standard InChI is InChI=1S/4CH3O.4Al.2H2O/c4*1-2;;;;;;/h4*1H3;;;;;2*1H2/q4*-1;;;2*+2;;. The zero-order valence-electron chi connectivity index (χ0n) is 8.94. The maximum absolute atomic E-state index is 4.55. The van der Waals surface area contributed by atoms with Crippen LogP contribution in [0.4, 0.5) is 0 Å². The third-order valence-electron chi connectivity index (χ3n) is 0.385. The fraction of sp³-hybridized carbons (Fsp3) is 1.00. The average molecular weight is 268 g/mol. The highest BCUT2D eigenvalue weighted by Crippen LogP contribution is 1.55. The lowest BCUT2D eigenvalue weighted by Gasteiger charge is -1.83. The number of hydrogen-bond donors (Lipinski definition) is 0. The van der Waals surface area contributed by atoms with E-state index in [9.17, 15) is 0 Å². The maximum atomic E-state index is 4.55. The molecule has 0 aliphatic heterocycles. The van der Waals surface area contributed by atoms with Crippen LogP contribution in [0.2, 0.25) is 0 Å². The number of rotatable bonds is 4. The fourth-order valence-corrected chi connectivity index (χ4v) is 0.577. The number of hydrogen-bond acceptors (Lipinski definition) is 4. The molecule has 10 heteroatoms. The summed E-state index contributed by atoms with van der Waals surface area (Å²) in [5, 5.41) is 0. The van der Waals surface area contributed by atoms with Crippen LogP contribution in [-0.2, 0) is 15.2 Å². The molecule has 0 saturated heterocycles. The van der Waals surface area contributed by atoms with Crippen molar-refractivity contribution in [3.05, 3.63) is 0 Å². The van der Waals surface area contributed by atoms with E-state index in [4.69, 9.17) is 0 Å². The van der Waals surface area contributed by atoms with E-state index in [0.29, 0.717) is 0 Å². The third-order valence-corrected chi connectivity index (χ3v) is 1.15. The van der Waals surface area contributed by atoms with Crippen LogP contribution in [-0.4, -0.2) is 106 Å². The van der Waals surface area contributed by atoms with Crippen LogP contribution in [0.3, 0.4) is 0 Å². The predicted molar refractivity (Wildman–Crippen MR) is 58.3 cm³/mol. The Kier molecular flexibility index (Phi) is 119. The summed E-state index contributed by atoms with van der Waals surface area (Å²) in [7, 11) is 6.50. The van der Waals surface area contributed by atoms with E-state index in [0.717, 1.165) is 0 Å². The minimum Gasteiger partial charge on any atom is -0.486 e. The Hall–Kier alpha value is 1.89. The van der Waals surface area contributed by atoms with Crippen LogP contribution < -0.4 is 0 Å². The molecule has 0 amide bonds. The van der Waals surface area contributed by atoms with Crippen molar-refractivity contribution < 1.29 is 26.1 Å². The predicted octanol–water partition coefficient (Wildman–Crippen LogP) is -2.78. The van der Waals surface area contributed by atoms with Crippen LogP contribution in [0.15, 0.2) is 0 Å². The summed E-state index contributed by atoms with van der Waals surface area (Å²) in [6, 6.07) is 0. The Balaban J connectivity index is -0.0000000178. The van der Waals surface area contributed by atoms with Crippen molar-refractivity contribution >= 4 is 66.5 Å². The third kappa shape index (κ3) is 66.5. The van der Waals surface area contributed by atoms with E-state index < -0.39 is 0 Å². The topological polar surface area (TPSA) is 99.9 Å². The maximum Gasteiger partial charge on any atom is 0.667 e. The largest absolute Gasteiger partial charge is 0.667 e. The quantitative estimate of drug-likeness (QED) is 0.514. The van der Waals surface area contributed by atoms with Crippen molar-refractivity contribution in [1.82, 2.24) is 0 Å². The molecule has 80 valence electrons. The Morgan fingerprint density at radius 3 is 0.714 bits per heavy atom. The van der Waals surface area contributed by atoms with E-state index in [1.165, 1.54) is 0 Å². The van der Waals surface area contributed by atoms with Gasteiger partial charge < -0.3 is 26.1 Å². The molecule has 0 rings (SSSR count). The second-order valence-electron chi connectivity index (χ2n) is 1.14. The van der Waals surface area contributed by atoms with Gasteiger partial charge in [-0.3, -0.25) is 0 Å². The van der Waals surface area contributed by atoms with Gasteiger partial charge in [-0.05, 0) is 0 Å². The van der Waals surface area contributed by atoms with Gasteiger partial charge in [0.1, 0.15) is 0 Å². The molecule has 0 saturated carbocycles. The first-order valence-electron chi connectivity index (χ1n) is 2.58. The SMILES string of the molecule is C[O][Al][O]C.C[O][Al][O]C.O.O.[Al].[Al]. The molecule has 0 spiro atoms. The molecule has 0 bridgehead atoms. The van der Waals surface area contributed by atoms with Crippen LogP contribution in [0.25, 0.3) is 0 Å². The zero-order chi connectivity index (χ0) is 8.24. The van der Waals surface area contributed by atoms with Gasteiger partial charge in [-0.1, -0.05) is 0 Å². The molecule has 0 aliphatic rings. The normalized spacial score (nSPS) is 5.43. The lowest BCUT2D eigenvalue weighted by Crippen LogP contribution is -1.93. The summed E-state index contributed by atoms with van der Waals surface area (Å²) in [5.41, 5.74) is 0. The van der Waals surface area contributed by atoms with E-state index in [1.807, 2.05) is 0 Å². The summed E-state index contributed by atoms with van der Waals surface area (Å²) in [5.74, 6) is 0. The zero-order valence-corrected chi connectivity index (χ0v) is 13.6. The van der Waals surface area contributed by atoms with Crippen LogP contribution in [0.1, 0.15) is 0 Å². The van der Waals surface area contributed by atoms with Crippen molar-refractivity contribution in [2.45, 2.75) is 0 Å². The Morgan fingerprint density at radius 1 is 0.571 bits per heavy atom. The monoisotopic (exact) mass is 268 g/mol. The molecule has 0 fully saturated rings. The summed E-state index contributed by atoms with van der Waals surface area (Å²) < 4.78 is 18.2. The van der Waals surface area contributed by atoms with Crippen LogP contribution in [0, 0.1) is 0 Å². The van der Waals surface area contributed by atoms with Gasteiger partial charge in [0, 0.05) is 63.2 Å². The van der Waals surface area contributed by atoms with E-state index in [2.05, 4.69) is 15.2 Å². The van der Waals surface area contributed by atoms with E-state index in [-0.39, 0.29) is 77.4 Å². The highest BCUT2D eigenvalue weighted by Gasteiger charge is 1.82. The second kappa shape index (κ2) is 46.1. The van der Waals surface area contributed by atoms with Crippen LogP contribution in [0.5, 0.6) is 0 Å². The molecule has 0 aromatic heterocycles. The second-order valence-corrected chi connectivity index (χ2v) is 3.41. The molecule has 4 N–H and O–H groups in total. The lowest BCUT2D eigenvalue weighted by atomic mass is 11.8. The first kappa shape index (κ1) is 36.0. The highest BCUT2D eigenvalue weighted by molar-refractivity contribution is 6.17. The molecular formula is C4H16Al4O6. The molecule has 0 atom stereocenters. The Bertz CT molecular complexity index is 42.8. The summed E-state index contributed by atoms with van der Waals surface area (Å²) in [6.07, 6.45) is 0. The summed E-state index contributed by atoms with van der Waals surface area (Å²) in [6.45, 7) is 0. The van der Waals surface area contributed by atoms with Crippen molar-refractivity contribution in [2.75, 3.05) is 28.4 Å². The minimum atomic E-state index is -0.185. The van der Waals surface area contributed by atoms with Crippen molar-refractivity contribution in [3.63, 3.8) is 0 Å². The minimum absolute atomic E-state index is 0. The van der Waals surface area contributed by atoms with Gasteiger partial charge in [0.05, 0.1) is 0 Å². The van der Waals surface area contributed by atoms with E-state index >= 15 is 0 Å². The smallest absolute Gasteiger partial charge is 0.486 e. The molecule has 0 aromatic carbocycles. The van der Waals surface area contributed by atoms with Gasteiger partial charge in [0.25, 0.3) is 0 Å². The Morgan fingerprint density at radius 2 is 0.714 bits per heavy atom. The van der Waals surface area contributed by atoms with Crippen molar-refractivity contribution in [1.29, 1.82) is 0 Å². The highest BCUT2D eigenvalue weighted by atomic mass is 27.2.